The van der Waals surface area contributed by atoms with E-state index in [1.54, 1.807) is 26.4 Å². The molecule has 1 aromatic heterocycles. The highest BCUT2D eigenvalue weighted by Crippen LogP contribution is 2.40. The molecule has 7 nitrogen and oxygen atoms in total. The lowest BCUT2D eigenvalue weighted by molar-refractivity contribution is 0.0512. The van der Waals surface area contributed by atoms with Crippen LogP contribution >= 0.6 is 11.6 Å². The van der Waals surface area contributed by atoms with Crippen molar-refractivity contribution in [2.45, 2.75) is 13.5 Å². The Labute approximate surface area is 244 Å². The fourth-order valence-electron chi connectivity index (χ4n) is 4.45. The molecular weight excluding hydrogens is 545 g/mol. The van der Waals surface area contributed by atoms with Crippen LogP contribution in [0.5, 0.6) is 17.2 Å². The first-order valence-corrected chi connectivity index (χ1v) is 13.1. The van der Waals surface area contributed by atoms with Crippen molar-refractivity contribution in [1.29, 1.82) is 5.41 Å². The first kappa shape index (κ1) is 29.6. The molecule has 0 spiro atoms. The van der Waals surface area contributed by atoms with Gasteiger partial charge in [0.2, 0.25) is 0 Å². The minimum Gasteiger partial charge on any atom is -0.497 e. The molecule has 0 amide bonds. The molecule has 0 aliphatic carbocycles. The van der Waals surface area contributed by atoms with E-state index in [0.717, 1.165) is 16.7 Å². The molecule has 0 fully saturated rings. The van der Waals surface area contributed by atoms with Crippen molar-refractivity contribution in [2.24, 2.45) is 0 Å². The lowest BCUT2D eigenvalue weighted by Gasteiger charge is -2.21. The standard InChI is InChI=1S/C32H31ClFN3O4/c1-5-24(25-9-7-6-8-20(25)17-35)26-16-29(27-14-22(33)11-13-28(27)34)37-32(31(26)41-19-38-2)36-18-21-10-12-23(39-3)15-30(21)40-4/h5-17,35H,18-19H2,1-4H3,(H,36,37)/b24-5+,35-17?. The number of rotatable bonds is 12. The molecule has 3 aromatic carbocycles. The maximum Gasteiger partial charge on any atom is 0.188 e. The predicted molar refractivity (Wildman–Crippen MR) is 161 cm³/mol. The Morgan fingerprint density at radius 1 is 1.00 bits per heavy atom. The first-order chi connectivity index (χ1) is 19.9. The van der Waals surface area contributed by atoms with Crippen LogP contribution in [0.15, 0.2) is 72.8 Å². The van der Waals surface area contributed by atoms with E-state index in [-0.39, 0.29) is 12.4 Å². The average Bonchev–Trinajstić information content (AvgIpc) is 3.00. The van der Waals surface area contributed by atoms with Gasteiger partial charge in [-0.25, -0.2) is 9.37 Å². The van der Waals surface area contributed by atoms with Crippen LogP contribution in [0.1, 0.15) is 29.2 Å². The number of pyridine rings is 1. The van der Waals surface area contributed by atoms with Gasteiger partial charge in [-0.2, -0.15) is 0 Å². The number of methoxy groups -OCH3 is 3. The molecule has 0 unspecified atom stereocenters. The summed E-state index contributed by atoms with van der Waals surface area (Å²) in [4.78, 5) is 4.79. The molecule has 212 valence electrons. The third-order valence-corrected chi connectivity index (χ3v) is 6.66. The van der Waals surface area contributed by atoms with E-state index < -0.39 is 5.82 Å². The molecule has 1 heterocycles. The van der Waals surface area contributed by atoms with Crippen molar-refractivity contribution < 1.29 is 23.3 Å². The second-order valence-electron chi connectivity index (χ2n) is 8.87. The summed E-state index contributed by atoms with van der Waals surface area (Å²) in [6.45, 7) is 2.15. The van der Waals surface area contributed by atoms with Crippen LogP contribution in [0.2, 0.25) is 5.02 Å². The van der Waals surface area contributed by atoms with Gasteiger partial charge in [-0.1, -0.05) is 41.9 Å². The Hall–Kier alpha value is -4.40. The second kappa shape index (κ2) is 13.8. The molecule has 4 rings (SSSR count). The van der Waals surface area contributed by atoms with Crippen molar-refractivity contribution in [3.63, 3.8) is 0 Å². The number of hydrogen-bond donors (Lipinski definition) is 2. The van der Waals surface area contributed by atoms with Crippen molar-refractivity contribution in [1.82, 2.24) is 4.98 Å². The van der Waals surface area contributed by atoms with Crippen molar-refractivity contribution in [3.05, 3.63) is 106 Å². The lowest BCUT2D eigenvalue weighted by Crippen LogP contribution is -2.11. The van der Waals surface area contributed by atoms with Crippen LogP contribution in [-0.2, 0) is 11.3 Å². The molecule has 0 atom stereocenters. The van der Waals surface area contributed by atoms with Gasteiger partial charge in [0.05, 0.1) is 19.9 Å². The van der Waals surface area contributed by atoms with Gasteiger partial charge in [0.15, 0.2) is 18.4 Å². The highest BCUT2D eigenvalue weighted by atomic mass is 35.5. The molecule has 2 N–H and O–H groups in total. The fraction of sp³-hybridized carbons (Fsp3) is 0.188. The zero-order valence-electron chi connectivity index (χ0n) is 23.3. The number of benzene rings is 3. The number of halogens is 2. The quantitative estimate of drug-likeness (QED) is 0.134. The third kappa shape index (κ3) is 6.67. The molecule has 4 aromatic rings. The average molecular weight is 576 g/mol. The van der Waals surface area contributed by atoms with E-state index >= 15 is 4.39 Å². The number of allylic oxidation sites excluding steroid dienone is 1. The number of nitrogens with zero attached hydrogens (tertiary/aromatic N) is 1. The van der Waals surface area contributed by atoms with Crippen molar-refractivity contribution in [2.75, 3.05) is 33.4 Å². The Morgan fingerprint density at radius 2 is 1.80 bits per heavy atom. The van der Waals surface area contributed by atoms with Crippen LogP contribution in [0.4, 0.5) is 10.2 Å². The predicted octanol–water partition coefficient (Wildman–Crippen LogP) is 7.60. The van der Waals surface area contributed by atoms with Gasteiger partial charge in [-0.15, -0.1) is 0 Å². The Balaban J connectivity index is 1.93. The largest absolute Gasteiger partial charge is 0.497 e. The molecule has 0 saturated carbocycles. The van der Waals surface area contributed by atoms with Crippen molar-refractivity contribution in [3.8, 4) is 28.5 Å². The maximum absolute atomic E-state index is 15.1. The number of ether oxygens (including phenoxy) is 4. The van der Waals surface area contributed by atoms with Crippen LogP contribution in [-0.4, -0.2) is 39.3 Å². The summed E-state index contributed by atoms with van der Waals surface area (Å²) < 4.78 is 37.4. The Kier molecular flexibility index (Phi) is 9.95. The molecule has 41 heavy (non-hydrogen) atoms. The molecule has 0 aliphatic heterocycles. The van der Waals surface area contributed by atoms with Gasteiger partial charge in [0.1, 0.15) is 17.3 Å². The number of aromatic nitrogens is 1. The normalized spacial score (nSPS) is 11.2. The Bertz CT molecular complexity index is 1580. The third-order valence-electron chi connectivity index (χ3n) is 6.42. The number of anilines is 1. The fourth-order valence-corrected chi connectivity index (χ4v) is 4.62. The zero-order chi connectivity index (χ0) is 29.4. The van der Waals surface area contributed by atoms with E-state index in [2.05, 4.69) is 5.32 Å². The van der Waals surface area contributed by atoms with Gasteiger partial charge >= 0.3 is 0 Å². The Morgan fingerprint density at radius 3 is 2.51 bits per heavy atom. The smallest absolute Gasteiger partial charge is 0.188 e. The lowest BCUT2D eigenvalue weighted by atomic mass is 9.92. The molecule has 0 radical (unpaired) electrons. The van der Waals surface area contributed by atoms with Gasteiger partial charge in [-0.05, 0) is 60.0 Å². The highest BCUT2D eigenvalue weighted by molar-refractivity contribution is 6.30. The summed E-state index contributed by atoms with van der Waals surface area (Å²) in [5.41, 5.74) is 4.34. The van der Waals surface area contributed by atoms with Crippen LogP contribution in [0.25, 0.3) is 16.8 Å². The SMILES string of the molecule is C/C=C(\c1ccccc1C=N)c1cc(-c2cc(Cl)ccc2F)nc(NCc2ccc(OC)cc2OC)c1OCOC. The van der Waals surface area contributed by atoms with Crippen LogP contribution in [0, 0.1) is 11.2 Å². The second-order valence-corrected chi connectivity index (χ2v) is 9.31. The van der Waals surface area contributed by atoms with Crippen LogP contribution in [0.3, 0.4) is 0 Å². The van der Waals surface area contributed by atoms with Gasteiger partial charge in [0.25, 0.3) is 0 Å². The van der Waals surface area contributed by atoms with Gasteiger partial charge in [0, 0.05) is 47.6 Å². The van der Waals surface area contributed by atoms with E-state index in [1.165, 1.54) is 31.5 Å². The van der Waals surface area contributed by atoms with Gasteiger partial charge in [-0.3, -0.25) is 0 Å². The van der Waals surface area contributed by atoms with Crippen molar-refractivity contribution >= 4 is 29.2 Å². The topological polar surface area (TPSA) is 85.7 Å². The zero-order valence-corrected chi connectivity index (χ0v) is 24.0. The summed E-state index contributed by atoms with van der Waals surface area (Å²) in [5.74, 6) is 1.58. The van der Waals surface area contributed by atoms with Gasteiger partial charge < -0.3 is 29.7 Å². The summed E-state index contributed by atoms with van der Waals surface area (Å²) in [7, 11) is 4.70. The summed E-state index contributed by atoms with van der Waals surface area (Å²) >= 11 is 6.26. The number of hydrogen-bond acceptors (Lipinski definition) is 7. The summed E-state index contributed by atoms with van der Waals surface area (Å²) in [5, 5.41) is 11.7. The van der Waals surface area contributed by atoms with E-state index in [1.807, 2.05) is 49.4 Å². The van der Waals surface area contributed by atoms with E-state index in [0.29, 0.717) is 51.5 Å². The first-order valence-electron chi connectivity index (χ1n) is 12.8. The number of nitrogens with one attached hydrogen (secondary N) is 2. The van der Waals surface area contributed by atoms with E-state index in [9.17, 15) is 0 Å². The molecule has 9 heteroatoms. The molecule has 0 bridgehead atoms. The minimum atomic E-state index is -0.469. The molecule has 0 saturated heterocycles. The molecular formula is C32H31ClFN3O4. The molecule has 0 aliphatic rings. The highest BCUT2D eigenvalue weighted by Gasteiger charge is 2.22. The van der Waals surface area contributed by atoms with Crippen LogP contribution < -0.4 is 19.5 Å². The monoisotopic (exact) mass is 575 g/mol. The summed E-state index contributed by atoms with van der Waals surface area (Å²) in [6.07, 6.45) is 3.22. The maximum atomic E-state index is 15.1. The minimum absolute atomic E-state index is 0.0523. The van der Waals surface area contributed by atoms with E-state index in [4.69, 9.17) is 40.9 Å². The summed E-state index contributed by atoms with van der Waals surface area (Å²) in [6, 6.07) is 19.2.